The van der Waals surface area contributed by atoms with E-state index in [1.807, 2.05) is 24.3 Å². The fraction of sp³-hybridized carbons (Fsp3) is 0.235. The number of aliphatic hydroxyl groups excluding tert-OH is 2. The molecule has 4 nitrogen and oxygen atoms in total. The van der Waals surface area contributed by atoms with Crippen LogP contribution in [0.5, 0.6) is 0 Å². The average Bonchev–Trinajstić information content (AvgIpc) is 2.55. The van der Waals surface area contributed by atoms with Crippen molar-refractivity contribution in [3.8, 4) is 0 Å². The predicted molar refractivity (Wildman–Crippen MR) is 78.6 cm³/mol. The lowest BCUT2D eigenvalue weighted by molar-refractivity contribution is -0.154. The molecule has 2 unspecified atom stereocenters. The van der Waals surface area contributed by atoms with Crippen molar-refractivity contribution < 1.29 is 19.7 Å². The largest absolute Gasteiger partial charge is 0.454 e. The Hall–Kier alpha value is -2.17. The second kappa shape index (κ2) is 7.57. The molecule has 110 valence electrons. The Balaban J connectivity index is 2.11. The lowest BCUT2D eigenvalue weighted by Crippen LogP contribution is -2.23. The van der Waals surface area contributed by atoms with Crippen LogP contribution in [-0.2, 0) is 9.53 Å². The molecule has 2 aromatic rings. The summed E-state index contributed by atoms with van der Waals surface area (Å²) >= 11 is 0. The highest BCUT2D eigenvalue weighted by Gasteiger charge is 2.25. The number of esters is 1. The van der Waals surface area contributed by atoms with Crippen LogP contribution in [0.15, 0.2) is 60.7 Å². The van der Waals surface area contributed by atoms with Gasteiger partial charge in [-0.15, -0.1) is 0 Å². The number of carbonyl (C=O) groups is 1. The molecule has 0 bridgehead atoms. The van der Waals surface area contributed by atoms with E-state index >= 15 is 0 Å². The zero-order chi connectivity index (χ0) is 15.1. The maximum Gasteiger partial charge on any atom is 0.316 e. The summed E-state index contributed by atoms with van der Waals surface area (Å²) in [6, 6.07) is 18.0. The number of rotatable bonds is 6. The van der Waals surface area contributed by atoms with Gasteiger partial charge in [-0.1, -0.05) is 60.7 Å². The molecule has 21 heavy (non-hydrogen) atoms. The first-order chi connectivity index (χ1) is 10.3. The molecule has 0 heterocycles. The molecule has 2 atom stereocenters. The third-order valence-electron chi connectivity index (χ3n) is 3.26. The van der Waals surface area contributed by atoms with E-state index < -0.39 is 18.0 Å². The summed E-state index contributed by atoms with van der Waals surface area (Å²) in [5, 5.41) is 18.9. The Kier molecular flexibility index (Phi) is 5.49. The van der Waals surface area contributed by atoms with Crippen molar-refractivity contribution in [3.05, 3.63) is 71.8 Å². The van der Waals surface area contributed by atoms with Crippen molar-refractivity contribution in [2.45, 2.75) is 12.0 Å². The summed E-state index contributed by atoms with van der Waals surface area (Å²) in [7, 11) is 0. The van der Waals surface area contributed by atoms with Crippen LogP contribution in [0, 0.1) is 0 Å². The Morgan fingerprint density at radius 1 is 0.857 bits per heavy atom. The number of ether oxygens (including phenoxy) is 1. The minimum atomic E-state index is -0.746. The Bertz CT molecular complexity index is 554. The standard InChI is InChI=1S/C17H18O4/c18-11-15(13-7-3-1-4-8-13)17(20)21-16(12-19)14-9-5-2-6-10-14/h1-10,15-16,18-19H,11-12H2. The van der Waals surface area contributed by atoms with E-state index in [4.69, 9.17) is 4.74 Å². The van der Waals surface area contributed by atoms with Gasteiger partial charge in [0, 0.05) is 0 Å². The fourth-order valence-electron chi connectivity index (χ4n) is 2.10. The van der Waals surface area contributed by atoms with Crippen molar-refractivity contribution in [3.63, 3.8) is 0 Å². The molecule has 4 heteroatoms. The molecule has 2 aromatic carbocycles. The first kappa shape index (κ1) is 15.2. The van der Waals surface area contributed by atoms with Gasteiger partial charge in [-0.2, -0.15) is 0 Å². The fourth-order valence-corrected chi connectivity index (χ4v) is 2.10. The van der Waals surface area contributed by atoms with Crippen molar-refractivity contribution in [1.82, 2.24) is 0 Å². The molecule has 0 saturated carbocycles. The zero-order valence-corrected chi connectivity index (χ0v) is 11.6. The van der Waals surface area contributed by atoms with Gasteiger partial charge in [0.05, 0.1) is 13.2 Å². The van der Waals surface area contributed by atoms with Gasteiger partial charge >= 0.3 is 5.97 Å². The van der Waals surface area contributed by atoms with Crippen molar-refractivity contribution >= 4 is 5.97 Å². The van der Waals surface area contributed by atoms with Crippen LogP contribution >= 0.6 is 0 Å². The maximum atomic E-state index is 12.2. The van der Waals surface area contributed by atoms with Crippen molar-refractivity contribution in [1.29, 1.82) is 0 Å². The molecule has 0 aliphatic rings. The van der Waals surface area contributed by atoms with Gasteiger partial charge in [0.15, 0.2) is 0 Å². The summed E-state index contributed by atoms with van der Waals surface area (Å²) in [6.45, 7) is -0.640. The summed E-state index contributed by atoms with van der Waals surface area (Å²) in [5.41, 5.74) is 1.41. The van der Waals surface area contributed by atoms with Crippen LogP contribution in [0.2, 0.25) is 0 Å². The van der Waals surface area contributed by atoms with E-state index in [9.17, 15) is 15.0 Å². The third kappa shape index (κ3) is 3.90. The lowest BCUT2D eigenvalue weighted by atomic mass is 10.00. The first-order valence-electron chi connectivity index (χ1n) is 6.78. The van der Waals surface area contributed by atoms with Gasteiger partial charge < -0.3 is 14.9 Å². The van der Waals surface area contributed by atoms with Gasteiger partial charge in [0.1, 0.15) is 12.0 Å². The Labute approximate surface area is 123 Å². The second-order valence-corrected chi connectivity index (χ2v) is 4.66. The van der Waals surface area contributed by atoms with Crippen LogP contribution in [-0.4, -0.2) is 29.4 Å². The average molecular weight is 286 g/mol. The van der Waals surface area contributed by atoms with Gasteiger partial charge in [0.25, 0.3) is 0 Å². The maximum absolute atomic E-state index is 12.2. The van der Waals surface area contributed by atoms with E-state index in [0.29, 0.717) is 5.56 Å². The van der Waals surface area contributed by atoms with Crippen LogP contribution < -0.4 is 0 Å². The molecule has 0 radical (unpaired) electrons. The van der Waals surface area contributed by atoms with E-state index in [-0.39, 0.29) is 13.2 Å². The molecule has 0 spiro atoms. The summed E-state index contributed by atoms with van der Waals surface area (Å²) in [6.07, 6.45) is -0.725. The highest BCUT2D eigenvalue weighted by atomic mass is 16.6. The summed E-state index contributed by atoms with van der Waals surface area (Å²) < 4.78 is 5.34. The smallest absolute Gasteiger partial charge is 0.316 e. The van der Waals surface area contributed by atoms with E-state index in [0.717, 1.165) is 5.56 Å². The molecule has 2 rings (SSSR count). The quantitative estimate of drug-likeness (QED) is 0.797. The number of aliphatic hydroxyl groups is 2. The minimum Gasteiger partial charge on any atom is -0.454 e. The Morgan fingerprint density at radius 2 is 1.38 bits per heavy atom. The number of hydrogen-bond donors (Lipinski definition) is 2. The molecule has 0 aliphatic carbocycles. The molecule has 0 aromatic heterocycles. The number of benzene rings is 2. The molecule has 0 amide bonds. The van der Waals surface area contributed by atoms with Crippen LogP contribution in [0.4, 0.5) is 0 Å². The molecule has 0 aliphatic heterocycles. The molecular formula is C17H18O4. The van der Waals surface area contributed by atoms with Gasteiger partial charge in [0.2, 0.25) is 0 Å². The van der Waals surface area contributed by atoms with Crippen LogP contribution in [0.3, 0.4) is 0 Å². The highest BCUT2D eigenvalue weighted by Crippen LogP contribution is 2.22. The molecule has 0 saturated heterocycles. The van der Waals surface area contributed by atoms with E-state index in [1.165, 1.54) is 0 Å². The first-order valence-corrected chi connectivity index (χ1v) is 6.78. The van der Waals surface area contributed by atoms with Crippen molar-refractivity contribution in [2.75, 3.05) is 13.2 Å². The van der Waals surface area contributed by atoms with Gasteiger partial charge in [-0.05, 0) is 11.1 Å². The highest BCUT2D eigenvalue weighted by molar-refractivity contribution is 5.78. The molecular weight excluding hydrogens is 268 g/mol. The SMILES string of the molecule is O=C(OC(CO)c1ccccc1)C(CO)c1ccccc1. The topological polar surface area (TPSA) is 66.8 Å². The van der Waals surface area contributed by atoms with Crippen LogP contribution in [0.1, 0.15) is 23.1 Å². The van der Waals surface area contributed by atoms with E-state index in [1.54, 1.807) is 36.4 Å². The monoisotopic (exact) mass is 286 g/mol. The van der Waals surface area contributed by atoms with Crippen molar-refractivity contribution in [2.24, 2.45) is 0 Å². The van der Waals surface area contributed by atoms with Crippen LogP contribution in [0.25, 0.3) is 0 Å². The molecule has 0 fully saturated rings. The normalized spacial score (nSPS) is 13.4. The van der Waals surface area contributed by atoms with E-state index in [2.05, 4.69) is 0 Å². The summed E-state index contributed by atoms with van der Waals surface area (Å²) in [5.74, 6) is -1.30. The van der Waals surface area contributed by atoms with Gasteiger partial charge in [-0.3, -0.25) is 4.79 Å². The summed E-state index contributed by atoms with van der Waals surface area (Å²) in [4.78, 5) is 12.2. The second-order valence-electron chi connectivity index (χ2n) is 4.66. The lowest BCUT2D eigenvalue weighted by Gasteiger charge is -2.20. The molecule has 2 N–H and O–H groups in total. The third-order valence-corrected chi connectivity index (χ3v) is 3.26. The Morgan fingerprint density at radius 3 is 1.86 bits per heavy atom. The predicted octanol–water partition coefficient (Wildman–Crippen LogP) is 2.04. The minimum absolute atomic E-state index is 0.303. The van der Waals surface area contributed by atoms with Gasteiger partial charge in [-0.25, -0.2) is 0 Å². The number of hydrogen-bond acceptors (Lipinski definition) is 4. The number of carbonyl (C=O) groups excluding carboxylic acids is 1. The zero-order valence-electron chi connectivity index (χ0n) is 11.6.